The molecule has 0 heterocycles. The summed E-state index contributed by atoms with van der Waals surface area (Å²) in [6, 6.07) is 1.68. The van der Waals surface area contributed by atoms with Crippen molar-refractivity contribution in [2.45, 2.75) is 18.9 Å². The molecule has 0 aromatic heterocycles. The molecule has 0 saturated heterocycles. The van der Waals surface area contributed by atoms with Gasteiger partial charge in [0.25, 0.3) is 0 Å². The molecular weight excluding hydrogens is 243 g/mol. The van der Waals surface area contributed by atoms with E-state index in [2.05, 4.69) is 0 Å². The van der Waals surface area contributed by atoms with Crippen molar-refractivity contribution in [1.82, 2.24) is 0 Å². The van der Waals surface area contributed by atoms with Gasteiger partial charge in [-0.2, -0.15) is 0 Å². The molecule has 1 atom stereocenters. The highest BCUT2D eigenvalue weighted by Gasteiger charge is 2.31. The van der Waals surface area contributed by atoms with Gasteiger partial charge in [-0.3, -0.25) is 0 Å². The van der Waals surface area contributed by atoms with Gasteiger partial charge in [0.2, 0.25) is 0 Å². The quantitative estimate of drug-likeness (QED) is 0.803. The van der Waals surface area contributed by atoms with E-state index in [-0.39, 0.29) is 23.0 Å². The van der Waals surface area contributed by atoms with Crippen LogP contribution >= 0.6 is 24.0 Å². The third-order valence-corrected chi connectivity index (χ3v) is 2.82. The number of rotatable bonds is 2. The first-order chi connectivity index (χ1) is 6.59. The summed E-state index contributed by atoms with van der Waals surface area (Å²) < 4.78 is 26.4. The van der Waals surface area contributed by atoms with Crippen LogP contribution in [-0.2, 0) is 0 Å². The minimum absolute atomic E-state index is 0. The van der Waals surface area contributed by atoms with E-state index in [1.54, 1.807) is 0 Å². The second-order valence-electron chi connectivity index (χ2n) is 3.65. The van der Waals surface area contributed by atoms with Gasteiger partial charge in [0.15, 0.2) is 0 Å². The molecule has 1 aromatic carbocycles. The highest BCUT2D eigenvalue weighted by atomic mass is 35.5. The van der Waals surface area contributed by atoms with Gasteiger partial charge in [-0.25, -0.2) is 8.78 Å². The molecule has 1 saturated carbocycles. The van der Waals surface area contributed by atoms with E-state index >= 15 is 0 Å². The summed E-state index contributed by atoms with van der Waals surface area (Å²) in [6.07, 6.45) is 1.98. The summed E-state index contributed by atoms with van der Waals surface area (Å²) in [5.41, 5.74) is 6.00. The van der Waals surface area contributed by atoms with Crippen LogP contribution in [0.1, 0.15) is 24.4 Å². The van der Waals surface area contributed by atoms with Crippen molar-refractivity contribution in [3.63, 3.8) is 0 Å². The lowest BCUT2D eigenvalue weighted by atomic mass is 10.0. The van der Waals surface area contributed by atoms with Crippen molar-refractivity contribution in [2.24, 2.45) is 11.7 Å². The molecule has 0 amide bonds. The van der Waals surface area contributed by atoms with Crippen LogP contribution < -0.4 is 5.73 Å². The van der Waals surface area contributed by atoms with Gasteiger partial charge in [-0.15, -0.1) is 12.4 Å². The summed E-state index contributed by atoms with van der Waals surface area (Å²) in [5.74, 6) is -0.833. The minimum Gasteiger partial charge on any atom is -0.324 e. The fourth-order valence-corrected chi connectivity index (χ4v) is 1.65. The van der Waals surface area contributed by atoms with Crippen molar-refractivity contribution in [3.8, 4) is 0 Å². The van der Waals surface area contributed by atoms with Gasteiger partial charge in [0, 0.05) is 11.6 Å². The van der Waals surface area contributed by atoms with Gasteiger partial charge < -0.3 is 5.73 Å². The normalized spacial score (nSPS) is 17.1. The van der Waals surface area contributed by atoms with Crippen LogP contribution in [0.2, 0.25) is 5.02 Å². The van der Waals surface area contributed by atoms with Crippen LogP contribution in [0.5, 0.6) is 0 Å². The fourth-order valence-electron chi connectivity index (χ4n) is 1.50. The predicted molar refractivity (Wildman–Crippen MR) is 58.3 cm³/mol. The lowest BCUT2D eigenvalue weighted by molar-refractivity contribution is 0.540. The summed E-state index contributed by atoms with van der Waals surface area (Å²) in [4.78, 5) is 0. The number of halogens is 4. The number of nitrogens with two attached hydrogens (primary N) is 1. The third-order valence-electron chi connectivity index (χ3n) is 2.53. The largest absolute Gasteiger partial charge is 0.324 e. The Balaban J connectivity index is 0.00000112. The van der Waals surface area contributed by atoms with Crippen molar-refractivity contribution in [3.05, 3.63) is 34.4 Å². The highest BCUT2D eigenvalue weighted by Crippen LogP contribution is 2.40. The Morgan fingerprint density at radius 2 is 1.87 bits per heavy atom. The lowest BCUT2D eigenvalue weighted by Crippen LogP contribution is -2.14. The lowest BCUT2D eigenvalue weighted by Gasteiger charge is -2.12. The van der Waals surface area contributed by atoms with Crippen molar-refractivity contribution < 1.29 is 8.78 Å². The third kappa shape index (κ3) is 2.60. The van der Waals surface area contributed by atoms with Crippen LogP contribution in [0.4, 0.5) is 8.78 Å². The fraction of sp³-hybridized carbons (Fsp3) is 0.400. The molecule has 1 aliphatic carbocycles. The molecule has 1 unspecified atom stereocenters. The van der Waals surface area contributed by atoms with E-state index < -0.39 is 17.7 Å². The molecule has 0 bridgehead atoms. The first kappa shape index (κ1) is 12.7. The topological polar surface area (TPSA) is 26.0 Å². The van der Waals surface area contributed by atoms with E-state index in [0.29, 0.717) is 5.92 Å². The molecule has 1 aromatic rings. The molecule has 0 spiro atoms. The van der Waals surface area contributed by atoms with Gasteiger partial charge in [-0.05, 0) is 30.9 Å². The molecular formula is C10H11Cl2F2N. The molecule has 5 heteroatoms. The Labute approximate surface area is 98.0 Å². The van der Waals surface area contributed by atoms with E-state index in [1.165, 1.54) is 0 Å². The Hall–Kier alpha value is -0.380. The van der Waals surface area contributed by atoms with E-state index in [4.69, 9.17) is 17.3 Å². The van der Waals surface area contributed by atoms with E-state index in [0.717, 1.165) is 25.0 Å². The van der Waals surface area contributed by atoms with Crippen LogP contribution in [0.15, 0.2) is 12.1 Å². The molecule has 84 valence electrons. The predicted octanol–water partition coefficient (Wildman–Crippen LogP) is 3.45. The number of hydrogen-bond acceptors (Lipinski definition) is 1. The van der Waals surface area contributed by atoms with Crippen LogP contribution in [0, 0.1) is 17.6 Å². The maximum Gasteiger partial charge on any atom is 0.142 e. The Morgan fingerprint density at radius 1 is 1.27 bits per heavy atom. The van der Waals surface area contributed by atoms with Crippen LogP contribution in [0.3, 0.4) is 0 Å². The second kappa shape index (κ2) is 4.64. The first-order valence-corrected chi connectivity index (χ1v) is 4.87. The zero-order valence-electron chi connectivity index (χ0n) is 7.84. The molecule has 2 N–H and O–H groups in total. The summed E-state index contributed by atoms with van der Waals surface area (Å²) in [7, 11) is 0. The number of hydrogen-bond donors (Lipinski definition) is 1. The summed E-state index contributed by atoms with van der Waals surface area (Å²) in [6.45, 7) is 0. The van der Waals surface area contributed by atoms with E-state index in [9.17, 15) is 8.78 Å². The summed E-state index contributed by atoms with van der Waals surface area (Å²) >= 11 is 5.43. The van der Waals surface area contributed by atoms with Gasteiger partial charge in [0.05, 0.1) is 5.02 Å². The average molecular weight is 254 g/mol. The molecule has 1 aliphatic rings. The Morgan fingerprint density at radius 3 is 2.40 bits per heavy atom. The molecule has 2 rings (SSSR count). The second-order valence-corrected chi connectivity index (χ2v) is 4.06. The maximum atomic E-state index is 13.3. The van der Waals surface area contributed by atoms with Crippen LogP contribution in [-0.4, -0.2) is 0 Å². The average Bonchev–Trinajstić information content (AvgIpc) is 2.93. The zero-order chi connectivity index (χ0) is 10.3. The van der Waals surface area contributed by atoms with Crippen molar-refractivity contribution in [2.75, 3.05) is 0 Å². The SMILES string of the molecule is Cl.NC(c1cc(F)c(Cl)cc1F)C1CC1. The Kier molecular flexibility index (Phi) is 3.93. The molecule has 1 nitrogen and oxygen atoms in total. The van der Waals surface area contributed by atoms with Gasteiger partial charge in [0.1, 0.15) is 11.6 Å². The van der Waals surface area contributed by atoms with Crippen molar-refractivity contribution >= 4 is 24.0 Å². The minimum atomic E-state index is -0.612. The molecule has 0 aliphatic heterocycles. The standard InChI is InChI=1S/C10H10ClF2N.ClH/c11-7-4-8(12)6(3-9(7)13)10(14)5-1-2-5;/h3-5,10H,1-2,14H2;1H. The van der Waals surface area contributed by atoms with Gasteiger partial charge >= 0.3 is 0 Å². The molecule has 15 heavy (non-hydrogen) atoms. The molecule has 0 radical (unpaired) electrons. The molecule has 1 fully saturated rings. The van der Waals surface area contributed by atoms with Crippen molar-refractivity contribution in [1.29, 1.82) is 0 Å². The van der Waals surface area contributed by atoms with E-state index in [1.807, 2.05) is 0 Å². The number of benzene rings is 1. The maximum absolute atomic E-state index is 13.3. The zero-order valence-corrected chi connectivity index (χ0v) is 9.42. The smallest absolute Gasteiger partial charge is 0.142 e. The Bertz CT molecular complexity index is 367. The first-order valence-electron chi connectivity index (χ1n) is 4.49. The van der Waals surface area contributed by atoms with Crippen LogP contribution in [0.25, 0.3) is 0 Å². The monoisotopic (exact) mass is 253 g/mol. The van der Waals surface area contributed by atoms with Gasteiger partial charge in [-0.1, -0.05) is 11.6 Å². The summed E-state index contributed by atoms with van der Waals surface area (Å²) in [5, 5.41) is -0.200. The highest BCUT2D eigenvalue weighted by molar-refractivity contribution is 6.30.